The van der Waals surface area contributed by atoms with Crippen LogP contribution in [0.4, 0.5) is 0 Å². The van der Waals surface area contributed by atoms with E-state index in [1.165, 1.54) is 6.20 Å². The molecule has 1 saturated heterocycles. The molecule has 0 bridgehead atoms. The molecule has 110 valence electrons. The molecule has 20 heavy (non-hydrogen) atoms. The van der Waals surface area contributed by atoms with Gasteiger partial charge in [-0.15, -0.1) is 0 Å². The van der Waals surface area contributed by atoms with Gasteiger partial charge in [0.25, 0.3) is 5.56 Å². The Hall–Kier alpha value is -1.90. The number of rotatable bonds is 3. The second kappa shape index (κ2) is 5.23. The van der Waals surface area contributed by atoms with Crippen LogP contribution in [0.5, 0.6) is 0 Å². The third-order valence-corrected chi connectivity index (χ3v) is 3.42. The molecule has 0 aliphatic carbocycles. The lowest BCUT2D eigenvalue weighted by Crippen LogP contribution is -2.47. The van der Waals surface area contributed by atoms with E-state index in [-0.39, 0.29) is 12.1 Å². The quantitative estimate of drug-likeness (QED) is 0.517. The molecule has 0 radical (unpaired) electrons. The minimum Gasteiger partial charge on any atom is -0.398 e. The molecule has 1 fully saturated rings. The second-order valence-electron chi connectivity index (χ2n) is 4.62. The molecule has 0 amide bonds. The fourth-order valence-electron chi connectivity index (χ4n) is 2.36. The van der Waals surface area contributed by atoms with Gasteiger partial charge >= 0.3 is 5.69 Å². The Bertz CT molecular complexity index is 634. The number of allylic oxidation sites excluding steroid dienone is 1. The fraction of sp³-hybridized carbons (Fsp3) is 0.500. The lowest BCUT2D eigenvalue weighted by atomic mass is 10.0. The summed E-state index contributed by atoms with van der Waals surface area (Å²) in [4.78, 5) is 25.2. The Morgan fingerprint density at radius 3 is 2.90 bits per heavy atom. The van der Waals surface area contributed by atoms with Gasteiger partial charge in [0.05, 0.1) is 18.4 Å². The standard InChI is InChI=1S/C12H17N3O5/c1-2-9(13)12(5-7(17)8(6-16)20-12)15-4-3-10(18)14-11(15)19/h2-4,7-8,16-17H,5-6,13H2,1H3,(H,14,18,19)/b9-2+/t7-,8+,12-/m0/s1. The first-order chi connectivity index (χ1) is 9.44. The molecule has 5 N–H and O–H groups in total. The molecule has 0 aromatic carbocycles. The highest BCUT2D eigenvalue weighted by atomic mass is 16.6. The third-order valence-electron chi connectivity index (χ3n) is 3.42. The molecule has 1 aliphatic rings. The molecule has 1 aromatic rings. The number of nitrogens with two attached hydrogens (primary N) is 1. The van der Waals surface area contributed by atoms with Crippen molar-refractivity contribution in [3.8, 4) is 0 Å². The highest BCUT2D eigenvalue weighted by Gasteiger charge is 2.49. The number of aliphatic hydroxyl groups is 2. The monoisotopic (exact) mass is 283 g/mol. The number of hydrogen-bond donors (Lipinski definition) is 4. The maximum Gasteiger partial charge on any atom is 0.330 e. The molecular formula is C12H17N3O5. The van der Waals surface area contributed by atoms with Gasteiger partial charge in [0.1, 0.15) is 6.10 Å². The predicted molar refractivity (Wildman–Crippen MR) is 69.8 cm³/mol. The molecule has 1 aromatic heterocycles. The minimum atomic E-state index is -1.41. The van der Waals surface area contributed by atoms with Gasteiger partial charge in [-0.3, -0.25) is 14.3 Å². The van der Waals surface area contributed by atoms with Crippen molar-refractivity contribution >= 4 is 0 Å². The van der Waals surface area contributed by atoms with Crippen LogP contribution in [0.25, 0.3) is 0 Å². The first-order valence-electron chi connectivity index (χ1n) is 6.16. The summed E-state index contributed by atoms with van der Waals surface area (Å²) in [6, 6.07) is 1.16. The van der Waals surface area contributed by atoms with E-state index in [4.69, 9.17) is 10.5 Å². The fourth-order valence-corrected chi connectivity index (χ4v) is 2.36. The van der Waals surface area contributed by atoms with Gasteiger partial charge < -0.3 is 20.7 Å². The Morgan fingerprint density at radius 2 is 2.40 bits per heavy atom. The van der Waals surface area contributed by atoms with Crippen LogP contribution < -0.4 is 17.0 Å². The van der Waals surface area contributed by atoms with E-state index in [0.29, 0.717) is 0 Å². The first-order valence-corrected chi connectivity index (χ1v) is 6.16. The number of nitrogens with one attached hydrogen (secondary N) is 1. The summed E-state index contributed by atoms with van der Waals surface area (Å²) in [5, 5.41) is 19.1. The van der Waals surface area contributed by atoms with Crippen LogP contribution in [0.2, 0.25) is 0 Å². The summed E-state index contributed by atoms with van der Waals surface area (Å²) < 4.78 is 6.73. The molecule has 2 heterocycles. The van der Waals surface area contributed by atoms with Crippen molar-refractivity contribution in [2.24, 2.45) is 5.73 Å². The molecule has 1 aliphatic heterocycles. The Morgan fingerprint density at radius 1 is 1.70 bits per heavy atom. The lowest BCUT2D eigenvalue weighted by Gasteiger charge is -2.31. The van der Waals surface area contributed by atoms with Crippen LogP contribution in [-0.2, 0) is 10.5 Å². The van der Waals surface area contributed by atoms with E-state index in [0.717, 1.165) is 10.6 Å². The first kappa shape index (κ1) is 14.5. The zero-order chi connectivity index (χ0) is 14.9. The summed E-state index contributed by atoms with van der Waals surface area (Å²) >= 11 is 0. The number of nitrogens with zero attached hydrogens (tertiary/aromatic N) is 1. The molecule has 8 heteroatoms. The number of ether oxygens (including phenoxy) is 1. The van der Waals surface area contributed by atoms with Crippen molar-refractivity contribution in [2.75, 3.05) is 6.61 Å². The van der Waals surface area contributed by atoms with Crippen LogP contribution in [0.1, 0.15) is 13.3 Å². The number of H-pyrrole nitrogens is 1. The van der Waals surface area contributed by atoms with Crippen molar-refractivity contribution in [2.45, 2.75) is 31.3 Å². The number of hydrogen-bond acceptors (Lipinski definition) is 6. The molecular weight excluding hydrogens is 266 g/mol. The zero-order valence-corrected chi connectivity index (χ0v) is 10.9. The van der Waals surface area contributed by atoms with Crippen molar-refractivity contribution in [3.63, 3.8) is 0 Å². The second-order valence-corrected chi connectivity index (χ2v) is 4.62. The van der Waals surface area contributed by atoms with E-state index >= 15 is 0 Å². The highest BCUT2D eigenvalue weighted by Crippen LogP contribution is 2.38. The number of aromatic nitrogens is 2. The largest absolute Gasteiger partial charge is 0.398 e. The summed E-state index contributed by atoms with van der Waals surface area (Å²) in [5.41, 5.74) is 3.47. The predicted octanol–water partition coefficient (Wildman–Crippen LogP) is -1.81. The average molecular weight is 283 g/mol. The summed E-state index contributed by atoms with van der Waals surface area (Å²) in [5.74, 6) is 0. The summed E-state index contributed by atoms with van der Waals surface area (Å²) in [6.07, 6.45) is 0.971. The number of aliphatic hydroxyl groups excluding tert-OH is 2. The van der Waals surface area contributed by atoms with Gasteiger partial charge in [0, 0.05) is 18.7 Å². The van der Waals surface area contributed by atoms with Gasteiger partial charge in [0.2, 0.25) is 0 Å². The molecule has 3 atom stereocenters. The van der Waals surface area contributed by atoms with Gasteiger partial charge in [-0.25, -0.2) is 4.79 Å². The maximum absolute atomic E-state index is 12.0. The van der Waals surface area contributed by atoms with Crippen LogP contribution in [0.15, 0.2) is 33.6 Å². The van der Waals surface area contributed by atoms with E-state index in [1.807, 2.05) is 0 Å². The zero-order valence-electron chi connectivity index (χ0n) is 10.9. The third kappa shape index (κ3) is 2.17. The van der Waals surface area contributed by atoms with Gasteiger partial charge in [-0.1, -0.05) is 6.08 Å². The SMILES string of the molecule is C/C=C(/N)[C@]1(n2ccc(=O)[nH]c2=O)C[C@H](O)[C@@H](CO)O1. The Balaban J connectivity index is 2.60. The van der Waals surface area contributed by atoms with E-state index < -0.39 is 35.8 Å². The molecule has 0 spiro atoms. The normalized spacial score (nSPS) is 30.6. The van der Waals surface area contributed by atoms with Crippen molar-refractivity contribution in [3.05, 3.63) is 44.9 Å². The van der Waals surface area contributed by atoms with Gasteiger partial charge in [-0.2, -0.15) is 0 Å². The van der Waals surface area contributed by atoms with Gasteiger partial charge in [-0.05, 0) is 6.92 Å². The maximum atomic E-state index is 12.0. The molecule has 8 nitrogen and oxygen atoms in total. The van der Waals surface area contributed by atoms with Crippen molar-refractivity contribution in [1.82, 2.24) is 9.55 Å². The van der Waals surface area contributed by atoms with Gasteiger partial charge in [0.15, 0.2) is 5.72 Å². The summed E-state index contributed by atoms with van der Waals surface area (Å²) in [6.45, 7) is 1.26. The highest BCUT2D eigenvalue weighted by molar-refractivity contribution is 5.15. The average Bonchev–Trinajstić information content (AvgIpc) is 2.75. The van der Waals surface area contributed by atoms with E-state index in [2.05, 4.69) is 4.98 Å². The van der Waals surface area contributed by atoms with E-state index in [1.54, 1.807) is 13.0 Å². The van der Waals surface area contributed by atoms with Crippen LogP contribution >= 0.6 is 0 Å². The number of aromatic amines is 1. The minimum absolute atomic E-state index is 0.000348. The van der Waals surface area contributed by atoms with Crippen LogP contribution in [0, 0.1) is 0 Å². The topological polar surface area (TPSA) is 131 Å². The smallest absolute Gasteiger partial charge is 0.330 e. The Kier molecular flexibility index (Phi) is 3.80. The Labute approximate surface area is 114 Å². The lowest BCUT2D eigenvalue weighted by molar-refractivity contribution is -0.0969. The van der Waals surface area contributed by atoms with Crippen molar-refractivity contribution < 1.29 is 14.9 Å². The molecule has 0 unspecified atom stereocenters. The molecule has 0 saturated carbocycles. The van der Waals surface area contributed by atoms with Crippen LogP contribution in [0.3, 0.4) is 0 Å². The van der Waals surface area contributed by atoms with Crippen molar-refractivity contribution in [1.29, 1.82) is 0 Å². The summed E-state index contributed by atoms with van der Waals surface area (Å²) in [7, 11) is 0. The van der Waals surface area contributed by atoms with E-state index in [9.17, 15) is 19.8 Å². The molecule has 2 rings (SSSR count). The van der Waals surface area contributed by atoms with Crippen LogP contribution in [-0.4, -0.2) is 38.6 Å².